The minimum atomic E-state index is -0.698. The molecule has 0 atom stereocenters. The van der Waals surface area contributed by atoms with Gasteiger partial charge < -0.3 is 5.11 Å². The first-order valence-corrected chi connectivity index (χ1v) is 6.67. The molecule has 0 aliphatic heterocycles. The van der Waals surface area contributed by atoms with Gasteiger partial charge in [-0.3, -0.25) is 0 Å². The fourth-order valence-electron chi connectivity index (χ4n) is 2.34. The van der Waals surface area contributed by atoms with Crippen molar-refractivity contribution in [1.29, 1.82) is 0 Å². The first kappa shape index (κ1) is 14.3. The highest BCUT2D eigenvalue weighted by molar-refractivity contribution is 5.64. The maximum Gasteiger partial charge on any atom is 0.126 e. The molecule has 0 radical (unpaired) electrons. The fourth-order valence-corrected chi connectivity index (χ4v) is 2.34. The van der Waals surface area contributed by atoms with Crippen molar-refractivity contribution in [2.45, 2.75) is 13.5 Å². The molecule has 0 aliphatic carbocycles. The van der Waals surface area contributed by atoms with Gasteiger partial charge in [0.05, 0.1) is 12.3 Å². The number of aromatic nitrogens is 3. The molecule has 0 saturated heterocycles. The standard InChI is InChI=1S/C16H13F2N3O/c1-10-3-2-4-14(5-10)21-16(15(9-22)19-20-21)11-6-12(17)8-13(18)7-11/h2-8,22H,9H2,1H3. The van der Waals surface area contributed by atoms with E-state index >= 15 is 0 Å². The summed E-state index contributed by atoms with van der Waals surface area (Å²) >= 11 is 0. The summed E-state index contributed by atoms with van der Waals surface area (Å²) < 4.78 is 28.5. The van der Waals surface area contributed by atoms with Crippen LogP contribution in [0.1, 0.15) is 11.3 Å². The molecule has 1 aromatic heterocycles. The second-order valence-electron chi connectivity index (χ2n) is 4.95. The van der Waals surface area contributed by atoms with Gasteiger partial charge in [0.15, 0.2) is 0 Å². The van der Waals surface area contributed by atoms with Crippen LogP contribution in [0.15, 0.2) is 42.5 Å². The van der Waals surface area contributed by atoms with Crippen LogP contribution in [-0.2, 0) is 6.61 Å². The van der Waals surface area contributed by atoms with Gasteiger partial charge in [-0.2, -0.15) is 0 Å². The number of hydrogen-bond donors (Lipinski definition) is 1. The number of aryl methyl sites for hydroxylation is 1. The van der Waals surface area contributed by atoms with Crippen molar-refractivity contribution in [3.63, 3.8) is 0 Å². The molecule has 0 unspecified atom stereocenters. The molecule has 0 aliphatic rings. The lowest BCUT2D eigenvalue weighted by Crippen LogP contribution is -2.01. The van der Waals surface area contributed by atoms with Crippen molar-refractivity contribution < 1.29 is 13.9 Å². The van der Waals surface area contributed by atoms with Crippen LogP contribution < -0.4 is 0 Å². The Balaban J connectivity index is 2.24. The monoisotopic (exact) mass is 301 g/mol. The van der Waals surface area contributed by atoms with E-state index in [-0.39, 0.29) is 17.9 Å². The van der Waals surface area contributed by atoms with E-state index in [1.165, 1.54) is 16.8 Å². The van der Waals surface area contributed by atoms with Crippen molar-refractivity contribution in [2.75, 3.05) is 0 Å². The molecule has 1 heterocycles. The number of benzene rings is 2. The van der Waals surface area contributed by atoms with E-state index in [4.69, 9.17) is 0 Å². The highest BCUT2D eigenvalue weighted by atomic mass is 19.1. The molecular weight excluding hydrogens is 288 g/mol. The smallest absolute Gasteiger partial charge is 0.126 e. The normalized spacial score (nSPS) is 10.9. The number of rotatable bonds is 3. The molecular formula is C16H13F2N3O. The molecule has 3 rings (SSSR count). The van der Waals surface area contributed by atoms with Crippen LogP contribution in [0.3, 0.4) is 0 Å². The van der Waals surface area contributed by atoms with Crippen molar-refractivity contribution in [1.82, 2.24) is 15.0 Å². The van der Waals surface area contributed by atoms with Gasteiger partial charge in [0, 0.05) is 11.6 Å². The Bertz CT molecular complexity index is 810. The first-order valence-electron chi connectivity index (χ1n) is 6.67. The second-order valence-corrected chi connectivity index (χ2v) is 4.95. The second kappa shape index (κ2) is 5.65. The number of halogens is 2. The van der Waals surface area contributed by atoms with Crippen LogP contribution in [0.2, 0.25) is 0 Å². The summed E-state index contributed by atoms with van der Waals surface area (Å²) in [4.78, 5) is 0. The third-order valence-corrected chi connectivity index (χ3v) is 3.27. The zero-order valence-corrected chi connectivity index (χ0v) is 11.8. The summed E-state index contributed by atoms with van der Waals surface area (Å²) in [5.41, 5.74) is 2.60. The summed E-state index contributed by atoms with van der Waals surface area (Å²) in [7, 11) is 0. The summed E-state index contributed by atoms with van der Waals surface area (Å²) in [6, 6.07) is 10.6. The van der Waals surface area contributed by atoms with E-state index in [1.54, 1.807) is 0 Å². The largest absolute Gasteiger partial charge is 0.390 e. The number of nitrogens with zero attached hydrogens (tertiary/aromatic N) is 3. The van der Waals surface area contributed by atoms with Gasteiger partial charge in [-0.25, -0.2) is 13.5 Å². The van der Waals surface area contributed by atoms with Gasteiger partial charge in [-0.1, -0.05) is 17.3 Å². The third kappa shape index (κ3) is 2.60. The summed E-state index contributed by atoms with van der Waals surface area (Å²) in [6.45, 7) is 1.55. The predicted molar refractivity (Wildman–Crippen MR) is 77.4 cm³/mol. The van der Waals surface area contributed by atoms with Crippen molar-refractivity contribution in [3.8, 4) is 16.9 Å². The number of aliphatic hydroxyl groups excluding tert-OH is 1. The third-order valence-electron chi connectivity index (χ3n) is 3.27. The van der Waals surface area contributed by atoms with Crippen molar-refractivity contribution >= 4 is 0 Å². The minimum absolute atomic E-state index is 0.256. The molecule has 0 amide bonds. The number of aliphatic hydroxyl groups is 1. The van der Waals surface area contributed by atoms with E-state index in [9.17, 15) is 13.9 Å². The molecule has 3 aromatic rings. The van der Waals surface area contributed by atoms with Crippen LogP contribution in [0.5, 0.6) is 0 Å². The Morgan fingerprint density at radius 2 is 1.82 bits per heavy atom. The molecule has 0 bridgehead atoms. The van der Waals surface area contributed by atoms with E-state index in [0.29, 0.717) is 11.4 Å². The highest BCUT2D eigenvalue weighted by Crippen LogP contribution is 2.27. The lowest BCUT2D eigenvalue weighted by atomic mass is 10.1. The Labute approximate surface area is 125 Å². The van der Waals surface area contributed by atoms with E-state index < -0.39 is 11.6 Å². The quantitative estimate of drug-likeness (QED) is 0.809. The van der Waals surface area contributed by atoms with Gasteiger partial charge in [0.25, 0.3) is 0 Å². The van der Waals surface area contributed by atoms with Crippen LogP contribution in [0.4, 0.5) is 8.78 Å². The van der Waals surface area contributed by atoms with E-state index in [2.05, 4.69) is 10.3 Å². The maximum atomic E-state index is 13.5. The van der Waals surface area contributed by atoms with Crippen molar-refractivity contribution in [3.05, 3.63) is 65.4 Å². The molecule has 4 nitrogen and oxygen atoms in total. The summed E-state index contributed by atoms with van der Waals surface area (Å²) in [5, 5.41) is 17.3. The van der Waals surface area contributed by atoms with E-state index in [0.717, 1.165) is 11.6 Å². The molecule has 0 fully saturated rings. The average molecular weight is 301 g/mol. The lowest BCUT2D eigenvalue weighted by molar-refractivity contribution is 0.277. The van der Waals surface area contributed by atoms with Gasteiger partial charge in [-0.05, 0) is 36.8 Å². The molecule has 2 aromatic carbocycles. The molecule has 6 heteroatoms. The van der Waals surface area contributed by atoms with Gasteiger partial charge in [0.2, 0.25) is 0 Å². The van der Waals surface area contributed by atoms with Gasteiger partial charge in [0.1, 0.15) is 23.0 Å². The fraction of sp³-hybridized carbons (Fsp3) is 0.125. The van der Waals surface area contributed by atoms with Crippen LogP contribution in [0, 0.1) is 18.6 Å². The zero-order valence-electron chi connectivity index (χ0n) is 11.8. The van der Waals surface area contributed by atoms with Gasteiger partial charge in [-0.15, -0.1) is 5.10 Å². The molecule has 0 spiro atoms. The summed E-state index contributed by atoms with van der Waals surface area (Å²) in [5.74, 6) is -1.40. The van der Waals surface area contributed by atoms with Crippen LogP contribution in [-0.4, -0.2) is 20.1 Å². The molecule has 0 saturated carbocycles. The SMILES string of the molecule is Cc1cccc(-n2nnc(CO)c2-c2cc(F)cc(F)c2)c1. The Hall–Kier alpha value is -2.60. The predicted octanol–water partition coefficient (Wildman–Crippen LogP) is 3.01. The minimum Gasteiger partial charge on any atom is -0.390 e. The van der Waals surface area contributed by atoms with Gasteiger partial charge >= 0.3 is 0 Å². The highest BCUT2D eigenvalue weighted by Gasteiger charge is 2.17. The lowest BCUT2D eigenvalue weighted by Gasteiger charge is -2.09. The van der Waals surface area contributed by atoms with Crippen LogP contribution in [0.25, 0.3) is 16.9 Å². The van der Waals surface area contributed by atoms with E-state index in [1.807, 2.05) is 31.2 Å². The summed E-state index contributed by atoms with van der Waals surface area (Å²) in [6.07, 6.45) is 0. The molecule has 1 N–H and O–H groups in total. The first-order chi connectivity index (χ1) is 10.6. The Morgan fingerprint density at radius 3 is 2.45 bits per heavy atom. The van der Waals surface area contributed by atoms with Crippen LogP contribution >= 0.6 is 0 Å². The molecule has 112 valence electrons. The molecule has 22 heavy (non-hydrogen) atoms. The van der Waals surface area contributed by atoms with Crippen molar-refractivity contribution in [2.24, 2.45) is 0 Å². The average Bonchev–Trinajstić information content (AvgIpc) is 2.90. The Morgan fingerprint density at radius 1 is 1.09 bits per heavy atom. The topological polar surface area (TPSA) is 50.9 Å². The zero-order chi connectivity index (χ0) is 15.7. The number of hydrogen-bond acceptors (Lipinski definition) is 3. The maximum absolute atomic E-state index is 13.5. The Kier molecular flexibility index (Phi) is 3.68.